The molecule has 7 heteroatoms. The van der Waals surface area contributed by atoms with Crippen LogP contribution in [0, 0.1) is 25.5 Å². The van der Waals surface area contributed by atoms with E-state index in [0.717, 1.165) is 40.1 Å². The molecule has 0 unspecified atom stereocenters. The van der Waals surface area contributed by atoms with Crippen molar-refractivity contribution in [1.29, 1.82) is 0 Å². The van der Waals surface area contributed by atoms with Gasteiger partial charge in [0.05, 0.1) is 0 Å². The number of fused-ring (bicyclic) bond motifs is 2. The van der Waals surface area contributed by atoms with Crippen molar-refractivity contribution in [3.05, 3.63) is 219 Å². The van der Waals surface area contributed by atoms with Gasteiger partial charge in [-0.05, 0) is 70.5 Å². The van der Waals surface area contributed by atoms with Crippen LogP contribution in [0.2, 0.25) is 0 Å². The van der Waals surface area contributed by atoms with Gasteiger partial charge in [-0.1, -0.05) is 125 Å². The van der Waals surface area contributed by atoms with E-state index in [1.807, 2.05) is 43.1 Å². The normalized spacial score (nSPS) is 12.8. The fraction of sp³-hybridized carbons (Fsp3) is 0.111. The number of hydrogen-bond donors (Lipinski definition) is 0. The Labute approximate surface area is 374 Å². The molecule has 0 saturated heterocycles. The van der Waals surface area contributed by atoms with Crippen molar-refractivity contribution in [1.82, 2.24) is 9.97 Å². The van der Waals surface area contributed by atoms with Crippen molar-refractivity contribution >= 4 is 45.8 Å². The third kappa shape index (κ3) is 8.45. The number of benzene rings is 7. The van der Waals surface area contributed by atoms with Gasteiger partial charge in [0.15, 0.2) is 0 Å². The Bertz CT molecular complexity index is 2530. The second-order valence-corrected chi connectivity index (χ2v) is 15.5. The van der Waals surface area contributed by atoms with E-state index >= 15 is 0 Å². The molecule has 7 aromatic carbocycles. The number of hydrogen-bond acceptors (Lipinski definition) is 6. The molecule has 2 aliphatic heterocycles. The van der Waals surface area contributed by atoms with Crippen LogP contribution < -0.4 is 19.6 Å². The number of nitrogens with zero attached hydrogens (tertiary/aromatic N) is 6. The van der Waals surface area contributed by atoms with Crippen LogP contribution in [0.25, 0.3) is 22.3 Å². The summed E-state index contributed by atoms with van der Waals surface area (Å²) >= 11 is 0. The fourth-order valence-corrected chi connectivity index (χ4v) is 7.99. The van der Waals surface area contributed by atoms with E-state index in [2.05, 4.69) is 210 Å². The van der Waals surface area contributed by atoms with Gasteiger partial charge in [0.1, 0.15) is 11.6 Å². The van der Waals surface area contributed by atoms with E-state index in [-0.39, 0.29) is 20.1 Å². The Balaban J connectivity index is 0.000000166. The second kappa shape index (κ2) is 18.4. The molecule has 6 nitrogen and oxygen atoms in total. The zero-order chi connectivity index (χ0) is 41.0. The summed E-state index contributed by atoms with van der Waals surface area (Å²) in [5, 5.41) is 0. The fourth-order valence-electron chi connectivity index (χ4n) is 7.99. The summed E-state index contributed by atoms with van der Waals surface area (Å²) in [5.41, 5.74) is 14.1. The molecule has 0 saturated carbocycles. The van der Waals surface area contributed by atoms with Crippen LogP contribution in [0.3, 0.4) is 0 Å². The van der Waals surface area contributed by atoms with Crippen molar-refractivity contribution in [2.75, 3.05) is 19.6 Å². The third-order valence-corrected chi connectivity index (χ3v) is 10.9. The summed E-state index contributed by atoms with van der Waals surface area (Å²) in [4.78, 5) is 17.8. The first-order chi connectivity index (χ1) is 29.4. The first kappa shape index (κ1) is 41.2. The van der Waals surface area contributed by atoms with E-state index in [4.69, 9.17) is 0 Å². The first-order valence-corrected chi connectivity index (χ1v) is 20.5. The summed E-state index contributed by atoms with van der Waals surface area (Å²) < 4.78 is 0. The molecular formula is C54H46IrN6-4. The number of para-hydroxylation sites is 4. The summed E-state index contributed by atoms with van der Waals surface area (Å²) in [7, 11) is 0. The Morgan fingerprint density at radius 2 is 0.852 bits per heavy atom. The van der Waals surface area contributed by atoms with Crippen molar-refractivity contribution in [3.8, 4) is 22.3 Å². The van der Waals surface area contributed by atoms with Crippen LogP contribution in [0.4, 0.5) is 45.8 Å². The Hall–Kier alpha value is -6.53. The van der Waals surface area contributed by atoms with Crippen molar-refractivity contribution in [2.45, 2.75) is 39.5 Å². The minimum atomic E-state index is 0. The minimum Gasteiger partial charge on any atom is -0.493 e. The van der Waals surface area contributed by atoms with Gasteiger partial charge < -0.3 is 19.6 Å². The standard InChI is InChI=1S/C28H24N2.C26H22N4.Ir/c1-21(2)25-15-6-7-16-26(25)22-11-10-14-24(19-22)30-20-29(23-12-4-3-5-13-23)27-17-8-9-18-28(27)30;1-19(2)23-13-6-7-14-24(23)20-9-8-12-22(17-20)30-18-29(21-10-4-3-5-11-21)25-26(30)28-16-15-27-25;/h3-13,15-21H,1-2H3;3-11,13-19H,1-2H3;/q2*-2;. The number of anilines is 8. The largest absolute Gasteiger partial charge is 0.493 e. The second-order valence-electron chi connectivity index (χ2n) is 15.5. The van der Waals surface area contributed by atoms with E-state index in [1.54, 1.807) is 12.4 Å². The molecule has 0 atom stereocenters. The minimum absolute atomic E-state index is 0. The molecule has 1 radical (unpaired) electrons. The maximum Gasteiger partial charge on any atom is 0.145 e. The molecule has 1 aromatic heterocycles. The predicted molar refractivity (Wildman–Crippen MR) is 248 cm³/mol. The Kier molecular flexibility index (Phi) is 12.4. The first-order valence-electron chi connectivity index (χ1n) is 20.5. The number of aromatic nitrogens is 2. The quantitative estimate of drug-likeness (QED) is 0.141. The molecule has 0 spiro atoms. The van der Waals surface area contributed by atoms with E-state index in [0.29, 0.717) is 11.8 Å². The van der Waals surface area contributed by atoms with Gasteiger partial charge in [-0.2, -0.15) is 36.4 Å². The molecule has 305 valence electrons. The zero-order valence-corrected chi connectivity index (χ0v) is 37.0. The monoisotopic (exact) mass is 971 g/mol. The van der Waals surface area contributed by atoms with Crippen LogP contribution >= 0.6 is 0 Å². The van der Waals surface area contributed by atoms with Crippen molar-refractivity contribution < 1.29 is 20.1 Å². The van der Waals surface area contributed by atoms with Crippen LogP contribution in [-0.2, 0) is 20.1 Å². The van der Waals surface area contributed by atoms with E-state index < -0.39 is 0 Å². The molecule has 0 fully saturated rings. The maximum atomic E-state index is 4.61. The molecule has 0 N–H and O–H groups in total. The van der Waals surface area contributed by atoms with Crippen LogP contribution in [0.1, 0.15) is 50.7 Å². The van der Waals surface area contributed by atoms with Gasteiger partial charge in [-0.15, -0.1) is 48.0 Å². The van der Waals surface area contributed by atoms with Gasteiger partial charge in [-0.3, -0.25) is 0 Å². The zero-order valence-electron chi connectivity index (χ0n) is 34.6. The summed E-state index contributed by atoms with van der Waals surface area (Å²) in [6.45, 7) is 13.1. The molecular weight excluding hydrogens is 925 g/mol. The van der Waals surface area contributed by atoms with E-state index in [1.165, 1.54) is 39.1 Å². The molecule has 0 aliphatic carbocycles. The Morgan fingerprint density at radius 3 is 1.38 bits per heavy atom. The van der Waals surface area contributed by atoms with Crippen LogP contribution in [0.5, 0.6) is 0 Å². The Morgan fingerprint density at radius 1 is 0.443 bits per heavy atom. The molecule has 2 aliphatic rings. The van der Waals surface area contributed by atoms with Gasteiger partial charge in [0.2, 0.25) is 0 Å². The SMILES string of the molecule is CC(C)c1ccccc1-c1cc[c-]c(N2[CH-]N(c3ccccc3)c3ccccc32)c1.CC(C)c1ccccc1-c1cc[c-]c(N2[CH-]N(c3ccccc3)c3nccnc32)c1.[Ir]. The smallest absolute Gasteiger partial charge is 0.145 e. The van der Waals surface area contributed by atoms with Gasteiger partial charge >= 0.3 is 0 Å². The summed E-state index contributed by atoms with van der Waals surface area (Å²) in [6, 6.07) is 66.0. The predicted octanol–water partition coefficient (Wildman–Crippen LogP) is 14.2. The maximum absolute atomic E-state index is 4.61. The van der Waals surface area contributed by atoms with Crippen LogP contribution in [0.15, 0.2) is 182 Å². The molecule has 8 aromatic rings. The molecule has 10 rings (SSSR count). The van der Waals surface area contributed by atoms with Gasteiger partial charge in [0, 0.05) is 55.2 Å². The van der Waals surface area contributed by atoms with Crippen LogP contribution in [-0.4, -0.2) is 9.97 Å². The summed E-state index contributed by atoms with van der Waals surface area (Å²) in [6.07, 6.45) is 3.46. The average Bonchev–Trinajstić information content (AvgIpc) is 3.90. The van der Waals surface area contributed by atoms with E-state index in [9.17, 15) is 0 Å². The van der Waals surface area contributed by atoms with Gasteiger partial charge in [-0.25, -0.2) is 9.97 Å². The molecule has 3 heterocycles. The van der Waals surface area contributed by atoms with Crippen molar-refractivity contribution in [2.24, 2.45) is 0 Å². The number of rotatable bonds is 8. The van der Waals surface area contributed by atoms with Gasteiger partial charge in [0.25, 0.3) is 0 Å². The molecule has 61 heavy (non-hydrogen) atoms. The summed E-state index contributed by atoms with van der Waals surface area (Å²) in [5.74, 6) is 2.53. The molecule has 0 bridgehead atoms. The van der Waals surface area contributed by atoms with Crippen molar-refractivity contribution in [3.63, 3.8) is 0 Å². The topological polar surface area (TPSA) is 38.7 Å². The molecule has 0 amide bonds. The third-order valence-electron chi connectivity index (χ3n) is 10.9. The average molecular weight is 971 g/mol.